The van der Waals surface area contributed by atoms with E-state index in [-0.39, 0.29) is 5.91 Å². The predicted octanol–water partition coefficient (Wildman–Crippen LogP) is 4.92. The highest BCUT2D eigenvalue weighted by atomic mass is 16.5. The number of esters is 1. The monoisotopic (exact) mass is 445 g/mol. The van der Waals surface area contributed by atoms with Crippen molar-refractivity contribution in [1.82, 2.24) is 9.88 Å². The summed E-state index contributed by atoms with van der Waals surface area (Å²) in [7, 11) is 0. The molecule has 4 rings (SSSR count). The number of hydrogen-bond donors (Lipinski definition) is 1. The minimum atomic E-state index is -0.935. The molecule has 6 heteroatoms. The van der Waals surface area contributed by atoms with Gasteiger partial charge in [0.05, 0.1) is 11.1 Å². The minimum absolute atomic E-state index is 0.358. The highest BCUT2D eigenvalue weighted by molar-refractivity contribution is 6.06. The first kappa shape index (κ1) is 22.9. The van der Waals surface area contributed by atoms with Gasteiger partial charge >= 0.3 is 5.97 Å². The number of amides is 1. The molecule has 3 aromatic rings. The first-order chi connectivity index (χ1) is 15.9. The molecule has 1 aromatic heterocycles. The quantitative estimate of drug-likeness (QED) is 0.545. The van der Waals surface area contributed by atoms with Gasteiger partial charge in [-0.15, -0.1) is 0 Å². The molecule has 1 atom stereocenters. The molecule has 0 saturated carbocycles. The van der Waals surface area contributed by atoms with Crippen molar-refractivity contribution in [1.29, 1.82) is 0 Å². The largest absolute Gasteiger partial charge is 0.449 e. The lowest BCUT2D eigenvalue weighted by atomic mass is 9.95. The molecule has 0 radical (unpaired) electrons. The summed E-state index contributed by atoms with van der Waals surface area (Å²) in [6.07, 6.45) is -0.146. The predicted molar refractivity (Wildman–Crippen MR) is 130 cm³/mol. The summed E-state index contributed by atoms with van der Waals surface area (Å²) in [5.74, 6) is -0.428. The second-order valence-electron chi connectivity index (χ2n) is 8.86. The average Bonchev–Trinajstić information content (AvgIpc) is 2.82. The van der Waals surface area contributed by atoms with Crippen molar-refractivity contribution in [3.05, 3.63) is 70.9 Å². The van der Waals surface area contributed by atoms with Crippen LogP contribution in [0.5, 0.6) is 0 Å². The van der Waals surface area contributed by atoms with Gasteiger partial charge in [-0.25, -0.2) is 4.79 Å². The van der Waals surface area contributed by atoms with Crippen LogP contribution in [0.3, 0.4) is 0 Å². The molecule has 1 N–H and O–H groups in total. The number of pyridine rings is 1. The number of anilines is 1. The van der Waals surface area contributed by atoms with Gasteiger partial charge in [0.25, 0.3) is 5.91 Å². The summed E-state index contributed by atoms with van der Waals surface area (Å²) >= 11 is 0. The van der Waals surface area contributed by atoms with Gasteiger partial charge in [0.2, 0.25) is 0 Å². The average molecular weight is 446 g/mol. The number of benzene rings is 2. The summed E-state index contributed by atoms with van der Waals surface area (Å²) in [5.41, 5.74) is 5.02. The summed E-state index contributed by atoms with van der Waals surface area (Å²) in [6.45, 7) is 10.4. The van der Waals surface area contributed by atoms with Gasteiger partial charge in [-0.2, -0.15) is 0 Å². The third-order valence-corrected chi connectivity index (χ3v) is 6.27. The molecule has 1 amide bonds. The highest BCUT2D eigenvalue weighted by Gasteiger charge is 2.28. The summed E-state index contributed by atoms with van der Waals surface area (Å²) in [6, 6.07) is 15.3. The molecule has 0 spiro atoms. The standard InChI is InChI=1S/C27H31N3O3/c1-5-30-15-14-24-22(16-30)25(21-8-6-7-9-23(21)29-24)27(32)33-18(4)26(31)28-20-12-10-19(11-13-20)17(2)3/h6-13,17-18H,5,14-16H2,1-4H3,(H,28,31). The zero-order valence-electron chi connectivity index (χ0n) is 19.7. The Labute approximate surface area is 195 Å². The lowest BCUT2D eigenvalue weighted by molar-refractivity contribution is -0.123. The molecule has 0 fully saturated rings. The fraction of sp³-hybridized carbons (Fsp3) is 0.370. The van der Waals surface area contributed by atoms with Gasteiger partial charge in [-0.05, 0) is 43.1 Å². The van der Waals surface area contributed by atoms with Crippen LogP contribution in [-0.2, 0) is 22.5 Å². The maximum Gasteiger partial charge on any atom is 0.339 e. The third kappa shape index (κ3) is 4.91. The minimum Gasteiger partial charge on any atom is -0.449 e. The van der Waals surface area contributed by atoms with Crippen LogP contribution in [0.25, 0.3) is 10.9 Å². The van der Waals surface area contributed by atoms with Crippen molar-refractivity contribution in [2.24, 2.45) is 0 Å². The number of fused-ring (bicyclic) bond motifs is 2. The Bertz CT molecular complexity index is 1170. The van der Waals surface area contributed by atoms with Crippen LogP contribution in [0.15, 0.2) is 48.5 Å². The normalized spacial score (nSPS) is 14.7. The summed E-state index contributed by atoms with van der Waals surface area (Å²) < 4.78 is 5.68. The van der Waals surface area contributed by atoms with Crippen molar-refractivity contribution >= 4 is 28.5 Å². The van der Waals surface area contributed by atoms with E-state index in [1.807, 2.05) is 48.5 Å². The molecular formula is C27H31N3O3. The van der Waals surface area contributed by atoms with Crippen molar-refractivity contribution in [2.75, 3.05) is 18.4 Å². The third-order valence-electron chi connectivity index (χ3n) is 6.27. The van der Waals surface area contributed by atoms with Gasteiger partial charge in [-0.1, -0.05) is 51.1 Å². The van der Waals surface area contributed by atoms with E-state index in [9.17, 15) is 9.59 Å². The first-order valence-electron chi connectivity index (χ1n) is 11.6. The zero-order chi connectivity index (χ0) is 23.5. The smallest absolute Gasteiger partial charge is 0.339 e. The van der Waals surface area contributed by atoms with Crippen LogP contribution in [0.1, 0.15) is 60.8 Å². The number of nitrogens with zero attached hydrogens (tertiary/aromatic N) is 2. The van der Waals surface area contributed by atoms with E-state index in [4.69, 9.17) is 9.72 Å². The Hall–Kier alpha value is -3.25. The lowest BCUT2D eigenvalue weighted by Gasteiger charge is -2.29. The van der Waals surface area contributed by atoms with Crippen LogP contribution >= 0.6 is 0 Å². The van der Waals surface area contributed by atoms with E-state index >= 15 is 0 Å². The van der Waals surface area contributed by atoms with Gasteiger partial charge in [0.15, 0.2) is 6.10 Å². The molecule has 2 heterocycles. The fourth-order valence-corrected chi connectivity index (χ4v) is 4.22. The molecule has 1 aliphatic rings. The van der Waals surface area contributed by atoms with E-state index in [1.54, 1.807) is 6.92 Å². The van der Waals surface area contributed by atoms with Crippen LogP contribution < -0.4 is 5.32 Å². The van der Waals surface area contributed by atoms with Crippen molar-refractivity contribution in [3.8, 4) is 0 Å². The molecule has 0 aliphatic carbocycles. The molecular weight excluding hydrogens is 414 g/mol. The molecule has 33 heavy (non-hydrogen) atoms. The first-order valence-corrected chi connectivity index (χ1v) is 11.6. The van der Waals surface area contributed by atoms with Crippen molar-refractivity contribution in [2.45, 2.75) is 52.7 Å². The van der Waals surface area contributed by atoms with Gasteiger partial charge in [-0.3, -0.25) is 14.7 Å². The van der Waals surface area contributed by atoms with E-state index in [1.165, 1.54) is 5.56 Å². The Kier molecular flexibility index (Phi) is 6.75. The Morgan fingerprint density at radius 2 is 1.82 bits per heavy atom. The number of ether oxygens (including phenoxy) is 1. The fourth-order valence-electron chi connectivity index (χ4n) is 4.22. The maximum atomic E-state index is 13.4. The topological polar surface area (TPSA) is 71.5 Å². The Balaban J connectivity index is 1.56. The number of carbonyl (C=O) groups excluding carboxylic acids is 2. The Morgan fingerprint density at radius 1 is 1.09 bits per heavy atom. The summed E-state index contributed by atoms with van der Waals surface area (Å²) in [5, 5.41) is 3.60. The van der Waals surface area contributed by atoms with Crippen molar-refractivity contribution in [3.63, 3.8) is 0 Å². The molecule has 1 aliphatic heterocycles. The number of nitrogens with one attached hydrogen (secondary N) is 1. The second kappa shape index (κ2) is 9.71. The number of aromatic nitrogens is 1. The molecule has 0 saturated heterocycles. The Morgan fingerprint density at radius 3 is 2.52 bits per heavy atom. The number of carbonyl (C=O) groups is 2. The molecule has 0 bridgehead atoms. The van der Waals surface area contributed by atoms with Crippen LogP contribution in [0.2, 0.25) is 0 Å². The van der Waals surface area contributed by atoms with E-state index in [0.29, 0.717) is 23.7 Å². The van der Waals surface area contributed by atoms with Gasteiger partial charge in [0, 0.05) is 41.8 Å². The van der Waals surface area contributed by atoms with Gasteiger partial charge < -0.3 is 10.1 Å². The molecule has 6 nitrogen and oxygen atoms in total. The van der Waals surface area contributed by atoms with E-state index < -0.39 is 12.1 Å². The van der Waals surface area contributed by atoms with E-state index in [2.05, 4.69) is 31.0 Å². The molecule has 1 unspecified atom stereocenters. The van der Waals surface area contributed by atoms with Crippen LogP contribution in [0.4, 0.5) is 5.69 Å². The molecule has 172 valence electrons. The molecule has 2 aromatic carbocycles. The SMILES string of the molecule is CCN1CCc2nc3ccccc3c(C(=O)OC(C)C(=O)Nc3ccc(C(C)C)cc3)c2C1. The van der Waals surface area contributed by atoms with Crippen LogP contribution in [0, 0.1) is 0 Å². The second-order valence-corrected chi connectivity index (χ2v) is 8.86. The van der Waals surface area contributed by atoms with Crippen molar-refractivity contribution < 1.29 is 14.3 Å². The van der Waals surface area contributed by atoms with Gasteiger partial charge in [0.1, 0.15) is 0 Å². The van der Waals surface area contributed by atoms with E-state index in [0.717, 1.165) is 41.7 Å². The number of para-hydroxylation sites is 1. The lowest BCUT2D eigenvalue weighted by Crippen LogP contribution is -2.34. The number of likely N-dealkylation sites (N-methyl/N-ethyl adjacent to an activating group) is 1. The summed E-state index contributed by atoms with van der Waals surface area (Å²) in [4.78, 5) is 33.2. The number of hydrogen-bond acceptors (Lipinski definition) is 5. The zero-order valence-corrected chi connectivity index (χ0v) is 19.7. The maximum absolute atomic E-state index is 13.4. The number of rotatable bonds is 6. The highest BCUT2D eigenvalue weighted by Crippen LogP contribution is 2.29. The van der Waals surface area contributed by atoms with Crippen LogP contribution in [-0.4, -0.2) is 41.0 Å².